The maximum absolute atomic E-state index is 12.0. The molecule has 12 nitrogen and oxygen atoms in total. The minimum absolute atomic E-state index is 0.143. The van der Waals surface area contributed by atoms with Gasteiger partial charge in [0.15, 0.2) is 0 Å². The van der Waals surface area contributed by atoms with E-state index in [0.717, 1.165) is 16.9 Å². The molecule has 1 N–H and O–H groups in total. The number of rotatable bonds is 7. The number of benzene rings is 1. The Balaban J connectivity index is 2.16. The summed E-state index contributed by atoms with van der Waals surface area (Å²) in [5.41, 5.74) is -0.497. The molecule has 0 saturated carbocycles. The average molecular weight is 351 g/mol. The first-order valence-corrected chi connectivity index (χ1v) is 6.73. The number of nitrogens with one attached hydrogen (secondary N) is 1. The Bertz CT molecular complexity index is 832. The number of nitrogens with zero attached hydrogens (tertiary/aromatic N) is 4. The van der Waals surface area contributed by atoms with Gasteiger partial charge in [-0.1, -0.05) is 0 Å². The van der Waals surface area contributed by atoms with Crippen LogP contribution >= 0.6 is 0 Å². The molecule has 1 heterocycles. The summed E-state index contributed by atoms with van der Waals surface area (Å²) < 4.78 is 10.7. The van der Waals surface area contributed by atoms with Gasteiger partial charge in [-0.2, -0.15) is 0 Å². The highest BCUT2D eigenvalue weighted by Crippen LogP contribution is 2.26. The summed E-state index contributed by atoms with van der Waals surface area (Å²) in [5, 5.41) is 27.9. The molecule has 0 spiro atoms. The number of hydrogen-bond donors (Lipinski definition) is 1. The van der Waals surface area contributed by atoms with Crippen LogP contribution in [0, 0.1) is 20.2 Å². The molecule has 2 rings (SSSR count). The van der Waals surface area contributed by atoms with Crippen LogP contribution < -0.4 is 14.8 Å². The van der Waals surface area contributed by atoms with E-state index in [1.807, 2.05) is 0 Å². The zero-order valence-corrected chi connectivity index (χ0v) is 13.2. The monoisotopic (exact) mass is 351 g/mol. The number of nitro groups is 2. The lowest BCUT2D eigenvalue weighted by Crippen LogP contribution is -2.19. The lowest BCUT2D eigenvalue weighted by molar-refractivity contribution is -0.385. The predicted molar refractivity (Wildman–Crippen MR) is 83.7 cm³/mol. The second kappa shape index (κ2) is 7.25. The molecule has 0 atom stereocenters. The predicted octanol–water partition coefficient (Wildman–Crippen LogP) is 1.36. The van der Waals surface area contributed by atoms with Gasteiger partial charge in [0, 0.05) is 12.1 Å². The standard InChI is InChI=1S/C13H13N5O7/c1-24-10-4-8(3-9(5-10)17(20)21)14-12(19)7-16-6-11(18(22)23)13(15-16)25-2/h3-6H,7H2,1-2H3,(H,14,19). The van der Waals surface area contributed by atoms with Crippen LogP contribution in [0.3, 0.4) is 0 Å². The molecule has 0 unspecified atom stereocenters. The number of anilines is 1. The fourth-order valence-corrected chi connectivity index (χ4v) is 1.97. The Labute approximate surface area is 140 Å². The maximum atomic E-state index is 12.0. The molecule has 2 aromatic rings. The number of non-ortho nitro benzene ring substituents is 1. The third-order valence-corrected chi connectivity index (χ3v) is 3.03. The molecule has 1 aromatic heterocycles. The number of nitro benzene ring substituents is 1. The van der Waals surface area contributed by atoms with Crippen molar-refractivity contribution in [2.75, 3.05) is 19.5 Å². The second-order valence-corrected chi connectivity index (χ2v) is 4.70. The Morgan fingerprint density at radius 3 is 2.44 bits per heavy atom. The van der Waals surface area contributed by atoms with Gasteiger partial charge in [0.1, 0.15) is 18.5 Å². The number of amides is 1. The van der Waals surface area contributed by atoms with Gasteiger partial charge in [0.25, 0.3) is 5.69 Å². The van der Waals surface area contributed by atoms with Crippen molar-refractivity contribution in [2.24, 2.45) is 0 Å². The SMILES string of the molecule is COc1cc(NC(=O)Cn2cc([N+](=O)[O-])c(OC)n2)cc([N+](=O)[O-])c1. The lowest BCUT2D eigenvalue weighted by Gasteiger charge is -2.07. The van der Waals surface area contributed by atoms with E-state index in [-0.39, 0.29) is 35.2 Å². The average Bonchev–Trinajstić information content (AvgIpc) is 2.97. The molecule has 1 aromatic carbocycles. The molecule has 0 aliphatic rings. The van der Waals surface area contributed by atoms with Crippen LogP contribution in [0.5, 0.6) is 11.6 Å². The first-order valence-electron chi connectivity index (χ1n) is 6.73. The Kier molecular flexibility index (Phi) is 5.12. The number of aromatic nitrogens is 2. The summed E-state index contributed by atoms with van der Waals surface area (Å²) in [6, 6.07) is 3.76. The van der Waals surface area contributed by atoms with Crippen LogP contribution in [-0.2, 0) is 11.3 Å². The van der Waals surface area contributed by atoms with Gasteiger partial charge in [-0.25, -0.2) is 0 Å². The van der Waals surface area contributed by atoms with Crippen LogP contribution in [-0.4, -0.2) is 39.8 Å². The Morgan fingerprint density at radius 2 is 1.92 bits per heavy atom. The topological polar surface area (TPSA) is 152 Å². The summed E-state index contributed by atoms with van der Waals surface area (Å²) in [6.07, 6.45) is 1.05. The fourth-order valence-electron chi connectivity index (χ4n) is 1.97. The van der Waals surface area contributed by atoms with Gasteiger partial charge in [-0.3, -0.25) is 29.7 Å². The first kappa shape index (κ1) is 17.7. The summed E-state index contributed by atoms with van der Waals surface area (Å²) >= 11 is 0. The van der Waals surface area contributed by atoms with Crippen molar-refractivity contribution in [3.63, 3.8) is 0 Å². The van der Waals surface area contributed by atoms with E-state index in [1.54, 1.807) is 0 Å². The van der Waals surface area contributed by atoms with E-state index >= 15 is 0 Å². The molecule has 25 heavy (non-hydrogen) atoms. The molecule has 0 aliphatic carbocycles. The highest BCUT2D eigenvalue weighted by Gasteiger charge is 2.21. The van der Waals surface area contributed by atoms with Crippen LogP contribution in [0.4, 0.5) is 17.1 Å². The third kappa shape index (κ3) is 4.19. The van der Waals surface area contributed by atoms with Crippen molar-refractivity contribution in [3.8, 4) is 11.6 Å². The fraction of sp³-hybridized carbons (Fsp3) is 0.231. The highest BCUT2D eigenvalue weighted by molar-refractivity contribution is 5.91. The van der Waals surface area contributed by atoms with Crippen LogP contribution in [0.25, 0.3) is 0 Å². The molecule has 0 aliphatic heterocycles. The van der Waals surface area contributed by atoms with Crippen molar-refractivity contribution in [1.29, 1.82) is 0 Å². The van der Waals surface area contributed by atoms with Crippen molar-refractivity contribution >= 4 is 23.0 Å². The number of carbonyl (C=O) groups is 1. The van der Waals surface area contributed by atoms with Crippen molar-refractivity contribution in [3.05, 3.63) is 44.6 Å². The van der Waals surface area contributed by atoms with Crippen LogP contribution in [0.2, 0.25) is 0 Å². The van der Waals surface area contributed by atoms with E-state index in [0.29, 0.717) is 0 Å². The summed E-state index contributed by atoms with van der Waals surface area (Å²) in [5.74, 6) is -0.627. The van der Waals surface area contributed by atoms with Gasteiger partial charge in [0.05, 0.1) is 35.8 Å². The van der Waals surface area contributed by atoms with Gasteiger partial charge in [-0.05, 0) is 0 Å². The zero-order valence-electron chi connectivity index (χ0n) is 13.2. The lowest BCUT2D eigenvalue weighted by atomic mass is 10.2. The van der Waals surface area contributed by atoms with Crippen LogP contribution in [0.1, 0.15) is 0 Å². The number of hydrogen-bond acceptors (Lipinski definition) is 8. The van der Waals surface area contributed by atoms with Gasteiger partial charge < -0.3 is 14.8 Å². The van der Waals surface area contributed by atoms with E-state index in [4.69, 9.17) is 9.47 Å². The Morgan fingerprint density at radius 1 is 1.20 bits per heavy atom. The minimum Gasteiger partial charge on any atom is -0.496 e. The molecule has 132 valence electrons. The quantitative estimate of drug-likeness (QED) is 0.579. The zero-order chi connectivity index (χ0) is 18.6. The van der Waals surface area contributed by atoms with E-state index in [2.05, 4.69) is 10.4 Å². The number of carbonyl (C=O) groups excluding carboxylic acids is 1. The molecule has 0 radical (unpaired) electrons. The molecule has 12 heteroatoms. The smallest absolute Gasteiger partial charge is 0.350 e. The highest BCUT2D eigenvalue weighted by atomic mass is 16.6. The van der Waals surface area contributed by atoms with E-state index in [9.17, 15) is 25.0 Å². The van der Waals surface area contributed by atoms with Gasteiger partial charge >= 0.3 is 11.6 Å². The first-order chi connectivity index (χ1) is 11.8. The minimum atomic E-state index is -0.689. The molecular formula is C13H13N5O7. The third-order valence-electron chi connectivity index (χ3n) is 3.03. The van der Waals surface area contributed by atoms with E-state index in [1.165, 1.54) is 26.4 Å². The van der Waals surface area contributed by atoms with E-state index < -0.39 is 15.8 Å². The molecule has 0 fully saturated rings. The molecular weight excluding hydrogens is 338 g/mol. The molecule has 0 saturated heterocycles. The second-order valence-electron chi connectivity index (χ2n) is 4.70. The molecule has 1 amide bonds. The normalized spacial score (nSPS) is 10.2. The summed E-state index contributed by atoms with van der Waals surface area (Å²) in [7, 11) is 2.55. The van der Waals surface area contributed by atoms with Gasteiger partial charge in [-0.15, -0.1) is 5.10 Å². The van der Waals surface area contributed by atoms with Crippen molar-refractivity contribution in [2.45, 2.75) is 6.54 Å². The Hall–Kier alpha value is -3.70. The molecule has 0 bridgehead atoms. The largest absolute Gasteiger partial charge is 0.496 e. The number of ether oxygens (including phenoxy) is 2. The van der Waals surface area contributed by atoms with Gasteiger partial charge in [0.2, 0.25) is 5.91 Å². The summed E-state index contributed by atoms with van der Waals surface area (Å²) in [6.45, 7) is -0.352. The van der Waals surface area contributed by atoms with Crippen molar-refractivity contribution in [1.82, 2.24) is 9.78 Å². The summed E-state index contributed by atoms with van der Waals surface area (Å²) in [4.78, 5) is 32.5. The number of methoxy groups -OCH3 is 2. The maximum Gasteiger partial charge on any atom is 0.350 e. The van der Waals surface area contributed by atoms with Crippen LogP contribution in [0.15, 0.2) is 24.4 Å². The van der Waals surface area contributed by atoms with Crippen molar-refractivity contribution < 1.29 is 24.1 Å².